The molecule has 0 unspecified atom stereocenters. The fourth-order valence-corrected chi connectivity index (χ4v) is 3.75. The third-order valence-electron chi connectivity index (χ3n) is 4.43. The normalized spacial score (nSPS) is 10.9. The predicted octanol–water partition coefficient (Wildman–Crippen LogP) is 5.00. The summed E-state index contributed by atoms with van der Waals surface area (Å²) in [5.41, 5.74) is 3.91. The van der Waals surface area contributed by atoms with Crippen molar-refractivity contribution in [2.24, 2.45) is 7.05 Å². The number of rotatable bonds is 4. The fourth-order valence-electron chi connectivity index (χ4n) is 2.90. The van der Waals surface area contributed by atoms with Crippen LogP contribution >= 0.6 is 22.9 Å². The van der Waals surface area contributed by atoms with Crippen LogP contribution in [0.15, 0.2) is 64.8 Å². The zero-order valence-corrected chi connectivity index (χ0v) is 16.4. The highest BCUT2D eigenvalue weighted by molar-refractivity contribution is 7.14. The first kappa shape index (κ1) is 17.6. The lowest BCUT2D eigenvalue weighted by Gasteiger charge is -2.07. The number of para-hydroxylation sites is 1. The van der Waals surface area contributed by atoms with E-state index in [-0.39, 0.29) is 5.56 Å². The molecule has 0 saturated carbocycles. The molecule has 136 valence electrons. The van der Waals surface area contributed by atoms with Crippen LogP contribution in [0.3, 0.4) is 0 Å². The molecule has 2 aromatic heterocycles. The molecule has 27 heavy (non-hydrogen) atoms. The second-order valence-corrected chi connectivity index (χ2v) is 7.40. The van der Waals surface area contributed by atoms with Gasteiger partial charge in [-0.3, -0.25) is 9.48 Å². The van der Waals surface area contributed by atoms with E-state index in [0.717, 1.165) is 22.6 Å². The van der Waals surface area contributed by atoms with Gasteiger partial charge in [0.15, 0.2) is 5.13 Å². The highest BCUT2D eigenvalue weighted by atomic mass is 35.5. The summed E-state index contributed by atoms with van der Waals surface area (Å²) in [5, 5.41) is 6.52. The summed E-state index contributed by atoms with van der Waals surface area (Å²) < 4.78 is 3.49. The van der Waals surface area contributed by atoms with Crippen LogP contribution in [0.5, 0.6) is 0 Å². The van der Waals surface area contributed by atoms with Crippen molar-refractivity contribution in [3.63, 3.8) is 0 Å². The highest BCUT2D eigenvalue weighted by Crippen LogP contribution is 2.28. The van der Waals surface area contributed by atoms with Crippen LogP contribution in [-0.2, 0) is 7.05 Å². The van der Waals surface area contributed by atoms with E-state index >= 15 is 0 Å². The summed E-state index contributed by atoms with van der Waals surface area (Å²) >= 11 is 7.40. The molecule has 0 spiro atoms. The van der Waals surface area contributed by atoms with E-state index in [0.29, 0.717) is 15.8 Å². The van der Waals surface area contributed by atoms with Crippen molar-refractivity contribution in [3.05, 3.63) is 81.0 Å². The molecule has 0 aliphatic carbocycles. The molecular formula is C20H17ClN4OS. The lowest BCUT2D eigenvalue weighted by Crippen LogP contribution is -2.20. The van der Waals surface area contributed by atoms with Crippen molar-refractivity contribution in [1.29, 1.82) is 0 Å². The quantitative estimate of drug-likeness (QED) is 0.527. The standard InChI is InChI=1S/C20H17ClN4OS/c1-13-18(19(26)25(24(13)2)16-6-4-3-5-7-16)23-20-22-17(12-27-20)14-8-10-15(21)11-9-14/h3-12H,1-2H3,(H,22,23). The minimum absolute atomic E-state index is 0.107. The number of nitrogens with one attached hydrogen (secondary N) is 1. The molecule has 4 aromatic rings. The molecule has 0 radical (unpaired) electrons. The monoisotopic (exact) mass is 396 g/mol. The molecule has 0 aliphatic rings. The maximum absolute atomic E-state index is 13.0. The van der Waals surface area contributed by atoms with Crippen molar-refractivity contribution in [3.8, 4) is 16.9 Å². The van der Waals surface area contributed by atoms with Crippen molar-refractivity contribution >= 4 is 33.8 Å². The third-order valence-corrected chi connectivity index (χ3v) is 5.44. The Balaban J connectivity index is 1.68. The molecule has 0 atom stereocenters. The van der Waals surface area contributed by atoms with E-state index in [2.05, 4.69) is 10.3 Å². The van der Waals surface area contributed by atoms with Gasteiger partial charge in [0, 0.05) is 23.0 Å². The van der Waals surface area contributed by atoms with Gasteiger partial charge >= 0.3 is 0 Å². The summed E-state index contributed by atoms with van der Waals surface area (Å²) in [6.45, 7) is 1.91. The largest absolute Gasteiger partial charge is 0.325 e. The Kier molecular flexibility index (Phi) is 4.59. The molecule has 4 rings (SSSR count). The first-order valence-corrected chi connectivity index (χ1v) is 9.63. The Hall–Kier alpha value is -2.83. The van der Waals surface area contributed by atoms with Gasteiger partial charge in [0.05, 0.1) is 17.1 Å². The Labute approximate surface area is 165 Å². The van der Waals surface area contributed by atoms with E-state index in [1.807, 2.05) is 78.6 Å². The second kappa shape index (κ2) is 7.06. The van der Waals surface area contributed by atoms with Crippen LogP contribution in [0.2, 0.25) is 5.02 Å². The molecule has 2 aromatic carbocycles. The number of hydrogen-bond donors (Lipinski definition) is 1. The summed E-state index contributed by atoms with van der Waals surface area (Å²) in [4.78, 5) is 17.6. The SMILES string of the molecule is Cc1c(Nc2nc(-c3ccc(Cl)cc3)cs2)c(=O)n(-c2ccccc2)n1C. The molecule has 7 heteroatoms. The van der Waals surface area contributed by atoms with E-state index in [1.165, 1.54) is 11.3 Å². The molecular weight excluding hydrogens is 380 g/mol. The minimum Gasteiger partial charge on any atom is -0.325 e. The van der Waals surface area contributed by atoms with Crippen LogP contribution in [-0.4, -0.2) is 14.3 Å². The fraction of sp³-hybridized carbons (Fsp3) is 0.100. The highest BCUT2D eigenvalue weighted by Gasteiger charge is 2.17. The van der Waals surface area contributed by atoms with Crippen LogP contribution in [0.25, 0.3) is 16.9 Å². The number of anilines is 2. The number of hydrogen-bond acceptors (Lipinski definition) is 4. The van der Waals surface area contributed by atoms with Gasteiger partial charge in [0.25, 0.3) is 5.56 Å². The van der Waals surface area contributed by atoms with Crippen molar-refractivity contribution < 1.29 is 0 Å². The van der Waals surface area contributed by atoms with Gasteiger partial charge in [-0.05, 0) is 31.2 Å². The van der Waals surface area contributed by atoms with Gasteiger partial charge in [-0.15, -0.1) is 11.3 Å². The van der Waals surface area contributed by atoms with Crippen LogP contribution < -0.4 is 10.9 Å². The zero-order valence-electron chi connectivity index (χ0n) is 14.8. The van der Waals surface area contributed by atoms with Crippen LogP contribution in [0, 0.1) is 6.92 Å². The third kappa shape index (κ3) is 3.29. The molecule has 2 heterocycles. The average Bonchev–Trinajstić information content (AvgIpc) is 3.22. The molecule has 0 aliphatic heterocycles. The molecule has 0 fully saturated rings. The van der Waals surface area contributed by atoms with Crippen molar-refractivity contribution in [2.75, 3.05) is 5.32 Å². The summed E-state index contributed by atoms with van der Waals surface area (Å²) in [7, 11) is 1.87. The molecule has 0 bridgehead atoms. The number of thiazole rings is 1. The van der Waals surface area contributed by atoms with Gasteiger partial charge in [-0.1, -0.05) is 41.9 Å². The van der Waals surface area contributed by atoms with Crippen LogP contribution in [0.4, 0.5) is 10.8 Å². The average molecular weight is 397 g/mol. The summed E-state index contributed by atoms with van der Waals surface area (Å²) in [5.74, 6) is 0. The zero-order chi connectivity index (χ0) is 19.0. The Bertz CT molecular complexity index is 1140. The predicted molar refractivity (Wildman–Crippen MR) is 112 cm³/mol. The molecule has 1 N–H and O–H groups in total. The van der Waals surface area contributed by atoms with Gasteiger partial charge in [0.1, 0.15) is 5.69 Å². The number of aromatic nitrogens is 3. The number of benzene rings is 2. The molecule has 5 nitrogen and oxygen atoms in total. The summed E-state index contributed by atoms with van der Waals surface area (Å²) in [6, 6.07) is 17.1. The first-order chi connectivity index (χ1) is 13.0. The smallest absolute Gasteiger partial charge is 0.295 e. The molecule has 0 saturated heterocycles. The Morgan fingerprint density at radius 1 is 1.07 bits per heavy atom. The maximum Gasteiger partial charge on any atom is 0.295 e. The Morgan fingerprint density at radius 3 is 2.48 bits per heavy atom. The van der Waals surface area contributed by atoms with Gasteiger partial charge in [-0.25, -0.2) is 9.67 Å². The lowest BCUT2D eigenvalue weighted by molar-refractivity contribution is 0.630. The van der Waals surface area contributed by atoms with E-state index in [1.54, 1.807) is 4.68 Å². The van der Waals surface area contributed by atoms with E-state index < -0.39 is 0 Å². The van der Waals surface area contributed by atoms with Gasteiger partial charge < -0.3 is 5.32 Å². The van der Waals surface area contributed by atoms with Crippen molar-refractivity contribution in [1.82, 2.24) is 14.3 Å². The topological polar surface area (TPSA) is 51.9 Å². The van der Waals surface area contributed by atoms with E-state index in [9.17, 15) is 4.79 Å². The summed E-state index contributed by atoms with van der Waals surface area (Å²) in [6.07, 6.45) is 0. The van der Waals surface area contributed by atoms with E-state index in [4.69, 9.17) is 11.6 Å². The van der Waals surface area contributed by atoms with Crippen LogP contribution in [0.1, 0.15) is 5.69 Å². The second-order valence-electron chi connectivity index (χ2n) is 6.11. The minimum atomic E-state index is -0.107. The van der Waals surface area contributed by atoms with Crippen molar-refractivity contribution in [2.45, 2.75) is 6.92 Å². The maximum atomic E-state index is 13.0. The van der Waals surface area contributed by atoms with Gasteiger partial charge in [-0.2, -0.15) is 0 Å². The first-order valence-electron chi connectivity index (χ1n) is 8.37. The van der Waals surface area contributed by atoms with Gasteiger partial charge in [0.2, 0.25) is 0 Å². The number of halogens is 1. The number of nitrogens with zero attached hydrogens (tertiary/aromatic N) is 3. The lowest BCUT2D eigenvalue weighted by atomic mass is 10.2. The molecule has 0 amide bonds. The Morgan fingerprint density at radius 2 is 1.78 bits per heavy atom.